The van der Waals surface area contributed by atoms with E-state index in [1.807, 2.05) is 0 Å². The maximum Gasteiger partial charge on any atom is 0.491 e. The van der Waals surface area contributed by atoms with Crippen molar-refractivity contribution >= 4 is 47.8 Å². The highest BCUT2D eigenvalue weighted by Gasteiger charge is 2.70. The van der Waals surface area contributed by atoms with Gasteiger partial charge in [-0.1, -0.05) is 0 Å². The summed E-state index contributed by atoms with van der Waals surface area (Å²) in [5.41, 5.74) is 2.99. The molecule has 4 fully saturated rings. The molecule has 0 aromatic rings. The first kappa shape index (κ1) is 38.2. The van der Waals surface area contributed by atoms with E-state index in [1.54, 1.807) is 13.8 Å². The van der Waals surface area contributed by atoms with E-state index in [2.05, 4.69) is 10.2 Å². The minimum Gasteiger partial charge on any atom is -0.380 e. The highest BCUT2D eigenvalue weighted by molar-refractivity contribution is 6.13. The second-order valence-corrected chi connectivity index (χ2v) is 13.7. The van der Waals surface area contributed by atoms with Crippen molar-refractivity contribution in [3.63, 3.8) is 0 Å². The minimum absolute atomic E-state index is 0.0829. The van der Waals surface area contributed by atoms with Crippen molar-refractivity contribution in [3.05, 3.63) is 0 Å². The Morgan fingerprint density at radius 2 is 1.52 bits per heavy atom. The van der Waals surface area contributed by atoms with Crippen LogP contribution in [0.3, 0.4) is 0 Å². The maximum absolute atomic E-state index is 14.3. The van der Waals surface area contributed by atoms with E-state index in [4.69, 9.17) is 40.1 Å². The van der Waals surface area contributed by atoms with Crippen LogP contribution in [0.5, 0.6) is 0 Å². The molecule has 0 aliphatic carbocycles. The molecule has 3 bridgehead atoms. The second-order valence-electron chi connectivity index (χ2n) is 13.7. The predicted octanol–water partition coefficient (Wildman–Crippen LogP) is -0.563. The monoisotopic (exact) mass is 714 g/mol. The second kappa shape index (κ2) is 12.9. The highest BCUT2D eigenvalue weighted by Crippen LogP contribution is 2.44. The van der Waals surface area contributed by atoms with Crippen LogP contribution in [0.4, 0.5) is 14.4 Å². The Bertz CT molecular complexity index is 1500. The van der Waals surface area contributed by atoms with Gasteiger partial charge in [0, 0.05) is 38.6 Å². The fourth-order valence-electron chi connectivity index (χ4n) is 6.29. The summed E-state index contributed by atoms with van der Waals surface area (Å²) in [6.45, 7) is 9.01. The molecule has 5 N–H and O–H groups in total. The fourth-order valence-corrected chi connectivity index (χ4v) is 6.29. The van der Waals surface area contributed by atoms with Crippen LogP contribution in [0.2, 0.25) is 0 Å². The molecule has 4 rings (SSSR count). The molecule has 50 heavy (non-hydrogen) atoms. The molecule has 0 radical (unpaired) electrons. The van der Waals surface area contributed by atoms with Crippen molar-refractivity contribution in [3.8, 4) is 0 Å². The molecule has 4 heterocycles. The average Bonchev–Trinajstić information content (AvgIpc) is 3.44. The van der Waals surface area contributed by atoms with E-state index in [0.29, 0.717) is 0 Å². The van der Waals surface area contributed by atoms with Crippen LogP contribution in [0.1, 0.15) is 74.1 Å². The summed E-state index contributed by atoms with van der Waals surface area (Å²) >= 11 is 0. The average molecular weight is 715 g/mol. The van der Waals surface area contributed by atoms with Crippen LogP contribution >= 0.6 is 0 Å². The van der Waals surface area contributed by atoms with E-state index >= 15 is 0 Å². The van der Waals surface area contributed by atoms with Gasteiger partial charge in [-0.15, -0.1) is 5.06 Å². The van der Waals surface area contributed by atoms with E-state index in [9.17, 15) is 38.4 Å². The number of carbonyl (C=O) groups is 8. The molecule has 0 saturated carbocycles. The zero-order chi connectivity index (χ0) is 37.8. The van der Waals surface area contributed by atoms with Gasteiger partial charge in [0.1, 0.15) is 22.7 Å². The number of methoxy groups -OCH3 is 1. The van der Waals surface area contributed by atoms with Crippen molar-refractivity contribution in [2.75, 3.05) is 13.7 Å². The van der Waals surface area contributed by atoms with Gasteiger partial charge in [-0.05, 0) is 61.3 Å². The number of Topliss-reactive ketones (excluding diaryl/α,β-unsaturated/α-hetero) is 2. The Labute approximate surface area is 285 Å². The van der Waals surface area contributed by atoms with Gasteiger partial charge in [-0.3, -0.25) is 9.59 Å². The first-order valence-corrected chi connectivity index (χ1v) is 15.7. The van der Waals surface area contributed by atoms with Crippen LogP contribution in [-0.2, 0) is 57.5 Å². The number of carbonyl (C=O) groups excluding carboxylic acids is 8. The van der Waals surface area contributed by atoms with E-state index in [1.165, 1.54) is 13.8 Å². The highest BCUT2D eigenvalue weighted by atomic mass is 17.2. The van der Waals surface area contributed by atoms with Gasteiger partial charge in [-0.25, -0.2) is 43.6 Å². The summed E-state index contributed by atoms with van der Waals surface area (Å²) in [6.07, 6.45) is -8.29. The van der Waals surface area contributed by atoms with Gasteiger partial charge in [0.2, 0.25) is 0 Å². The number of esters is 3. The third-order valence-electron chi connectivity index (χ3n) is 9.11. The summed E-state index contributed by atoms with van der Waals surface area (Å²) < 4.78 is 21.6. The van der Waals surface area contributed by atoms with Gasteiger partial charge < -0.3 is 40.6 Å². The Hall–Kier alpha value is -4.60. The molecule has 4 aliphatic heterocycles. The number of nitrogens with zero attached hydrogens (tertiary/aromatic N) is 3. The SMILES string of the molecule is COC1CC(=O)[C@@]23CCCN2N(C(C)C)C(=O)ON(C(=O)OOC(=O)NC(C)C)C2(C)C[C@@](C)(N)C(=O)OC(OC3=O)(OC(=O)[C@]2(C)N)C1=O. The number of ketones is 2. The minimum atomic E-state index is -3.58. The molecule has 0 aromatic heterocycles. The standard InChI is InChI=1S/C29H42N6O15/c1-14(2)32-22(41)49-50-24(43)35-26(6)13-25(5,30)19(38)45-29(46-20(39)27(26,7)31)18(37)16(44-8)12-17(36)28(21(40)47-29)10-9-11-33(28)34(15(3)4)23(42)48-35/h14-16H,9-13,30-31H2,1-8H3,(H,32,41)/t16?,25-,26?,27+,28-,29?/m1/s1. The summed E-state index contributed by atoms with van der Waals surface area (Å²) in [4.78, 5) is 126. The summed E-state index contributed by atoms with van der Waals surface area (Å²) in [6, 6.07) is -1.40. The molecule has 278 valence electrons. The molecule has 21 nitrogen and oxygen atoms in total. The van der Waals surface area contributed by atoms with E-state index in [0.717, 1.165) is 37.9 Å². The van der Waals surface area contributed by atoms with Crippen LogP contribution in [0.25, 0.3) is 0 Å². The molecule has 21 heteroatoms. The van der Waals surface area contributed by atoms with Gasteiger partial charge >= 0.3 is 42.2 Å². The van der Waals surface area contributed by atoms with Gasteiger partial charge in [0.15, 0.2) is 11.3 Å². The number of nitrogens with two attached hydrogens (primary N) is 2. The molecule has 3 unspecified atom stereocenters. The number of hydrazine groups is 1. The largest absolute Gasteiger partial charge is 0.491 e. The van der Waals surface area contributed by atoms with Crippen LogP contribution in [0.15, 0.2) is 0 Å². The summed E-state index contributed by atoms with van der Waals surface area (Å²) in [5.74, 6) is -10.8. The fraction of sp³-hybridized carbons (Fsp3) is 0.724. The van der Waals surface area contributed by atoms with Crippen molar-refractivity contribution in [2.45, 2.75) is 120 Å². The van der Waals surface area contributed by atoms with Crippen molar-refractivity contribution in [1.29, 1.82) is 0 Å². The molecule has 4 saturated heterocycles. The quantitative estimate of drug-likeness (QED) is 0.143. The van der Waals surface area contributed by atoms with Crippen LogP contribution in [0, 0.1) is 0 Å². The Morgan fingerprint density at radius 1 is 0.920 bits per heavy atom. The number of amides is 3. The molecule has 4 aliphatic rings. The number of rotatable bonds is 3. The number of ether oxygens (including phenoxy) is 4. The Morgan fingerprint density at radius 3 is 2.10 bits per heavy atom. The molecule has 0 aromatic carbocycles. The zero-order valence-corrected chi connectivity index (χ0v) is 28.9. The zero-order valence-electron chi connectivity index (χ0n) is 28.9. The van der Waals surface area contributed by atoms with Gasteiger partial charge in [0.05, 0.1) is 0 Å². The third-order valence-corrected chi connectivity index (χ3v) is 9.11. The topological polar surface area (TPSA) is 275 Å². The number of nitrogens with one attached hydrogen (secondary N) is 1. The summed E-state index contributed by atoms with van der Waals surface area (Å²) in [5, 5.41) is 4.26. The lowest BCUT2D eigenvalue weighted by atomic mass is 9.72. The Balaban J connectivity index is 2.07. The lowest BCUT2D eigenvalue weighted by Crippen LogP contribution is -2.74. The molecule has 3 amide bonds. The van der Waals surface area contributed by atoms with Crippen LogP contribution < -0.4 is 16.8 Å². The third kappa shape index (κ3) is 6.07. The van der Waals surface area contributed by atoms with Crippen molar-refractivity contribution in [2.24, 2.45) is 11.5 Å². The van der Waals surface area contributed by atoms with Crippen molar-refractivity contribution in [1.82, 2.24) is 20.4 Å². The van der Waals surface area contributed by atoms with Crippen LogP contribution in [-0.4, -0.2) is 123 Å². The predicted molar refractivity (Wildman–Crippen MR) is 160 cm³/mol. The Kier molecular flexibility index (Phi) is 9.89. The number of fused-ring (bicyclic) bond motifs is 4. The molecular weight excluding hydrogens is 672 g/mol. The molecular formula is C29H42N6O15. The lowest BCUT2D eigenvalue weighted by molar-refractivity contribution is -0.320. The lowest BCUT2D eigenvalue weighted by Gasteiger charge is -2.48. The number of hydroxylamine groups is 2. The normalized spacial score (nSPS) is 35.3. The van der Waals surface area contributed by atoms with Gasteiger partial charge in [0.25, 0.3) is 5.78 Å². The number of hydrogen-bond donors (Lipinski definition) is 3. The van der Waals surface area contributed by atoms with Crippen molar-refractivity contribution < 1.29 is 71.9 Å². The first-order valence-electron chi connectivity index (χ1n) is 15.7. The van der Waals surface area contributed by atoms with Gasteiger partial charge in [-0.2, -0.15) is 5.01 Å². The molecule has 6 atom stereocenters. The first-order chi connectivity index (χ1) is 23.0. The number of hydrogen-bond acceptors (Lipinski definition) is 18. The smallest absolute Gasteiger partial charge is 0.380 e. The summed E-state index contributed by atoms with van der Waals surface area (Å²) in [7, 11) is 1.03. The molecule has 2 spiro atoms. The maximum atomic E-state index is 14.3. The van der Waals surface area contributed by atoms with E-state index in [-0.39, 0.29) is 24.4 Å². The van der Waals surface area contributed by atoms with E-state index < -0.39 is 107 Å².